The van der Waals surface area contributed by atoms with Crippen molar-refractivity contribution in [2.75, 3.05) is 0 Å². The predicted molar refractivity (Wildman–Crippen MR) is 85.0 cm³/mol. The number of halogens is 1. The maximum atomic E-state index is 10.4. The molecule has 0 spiro atoms. The van der Waals surface area contributed by atoms with Gasteiger partial charge in [-0.1, -0.05) is 30.3 Å². The lowest BCUT2D eigenvalue weighted by atomic mass is 10.0. The van der Waals surface area contributed by atoms with Crippen LogP contribution in [0.5, 0.6) is 0 Å². The quantitative estimate of drug-likeness (QED) is 0.702. The van der Waals surface area contributed by atoms with Crippen molar-refractivity contribution in [3.63, 3.8) is 0 Å². The summed E-state index contributed by atoms with van der Waals surface area (Å²) in [4.78, 5) is 4.38. The Morgan fingerprint density at radius 2 is 1.68 bits per heavy atom. The minimum absolute atomic E-state index is 0.630. The third-order valence-electron chi connectivity index (χ3n) is 3.11. The van der Waals surface area contributed by atoms with E-state index in [4.69, 9.17) is 0 Å². The Hall–Kier alpha value is -1.46. The van der Waals surface area contributed by atoms with E-state index in [-0.39, 0.29) is 0 Å². The maximum Gasteiger partial charge on any atom is 0.106 e. The SMILES string of the molecule is OC(c1ccc(I)cc1)c1cnc2ccccc2c1. The molecular weight excluding hydrogens is 349 g/mol. The molecule has 1 heterocycles. The van der Waals surface area contributed by atoms with Crippen LogP contribution in [0.1, 0.15) is 17.2 Å². The van der Waals surface area contributed by atoms with Gasteiger partial charge in [-0.25, -0.2) is 0 Å². The number of benzene rings is 2. The fourth-order valence-electron chi connectivity index (χ4n) is 2.08. The van der Waals surface area contributed by atoms with E-state index in [9.17, 15) is 5.11 Å². The highest BCUT2D eigenvalue weighted by atomic mass is 127. The van der Waals surface area contributed by atoms with Gasteiger partial charge in [-0.3, -0.25) is 4.98 Å². The third kappa shape index (κ3) is 2.62. The zero-order valence-corrected chi connectivity index (χ0v) is 12.3. The van der Waals surface area contributed by atoms with E-state index in [1.807, 2.05) is 54.6 Å². The van der Waals surface area contributed by atoms with Gasteiger partial charge in [-0.15, -0.1) is 0 Å². The van der Waals surface area contributed by atoms with Gasteiger partial charge in [0.2, 0.25) is 0 Å². The minimum Gasteiger partial charge on any atom is -0.384 e. The van der Waals surface area contributed by atoms with E-state index in [0.29, 0.717) is 0 Å². The summed E-state index contributed by atoms with van der Waals surface area (Å²) in [5.74, 6) is 0. The molecule has 3 aromatic rings. The summed E-state index contributed by atoms with van der Waals surface area (Å²) in [7, 11) is 0. The molecule has 0 bridgehead atoms. The Kier molecular flexibility index (Phi) is 3.48. The Morgan fingerprint density at radius 1 is 0.947 bits per heavy atom. The molecule has 1 unspecified atom stereocenters. The van der Waals surface area contributed by atoms with Crippen molar-refractivity contribution in [3.05, 3.63) is 75.5 Å². The average Bonchev–Trinajstić information content (AvgIpc) is 2.47. The summed E-state index contributed by atoms with van der Waals surface area (Å²) in [6, 6.07) is 17.8. The molecule has 2 aromatic carbocycles. The summed E-state index contributed by atoms with van der Waals surface area (Å²) in [6.45, 7) is 0. The van der Waals surface area contributed by atoms with Gasteiger partial charge in [0.15, 0.2) is 0 Å². The van der Waals surface area contributed by atoms with E-state index in [2.05, 4.69) is 27.6 Å². The van der Waals surface area contributed by atoms with Crippen LogP contribution in [-0.2, 0) is 0 Å². The molecule has 19 heavy (non-hydrogen) atoms. The Labute approximate surface area is 125 Å². The van der Waals surface area contributed by atoms with Crippen molar-refractivity contribution in [3.8, 4) is 0 Å². The summed E-state index contributed by atoms with van der Waals surface area (Å²) >= 11 is 2.25. The first-order chi connectivity index (χ1) is 9.24. The lowest BCUT2D eigenvalue weighted by Gasteiger charge is -2.12. The van der Waals surface area contributed by atoms with Gasteiger partial charge >= 0.3 is 0 Å². The molecule has 0 radical (unpaired) electrons. The van der Waals surface area contributed by atoms with E-state index in [0.717, 1.165) is 25.6 Å². The zero-order chi connectivity index (χ0) is 13.2. The molecule has 0 aliphatic rings. The number of aromatic nitrogens is 1. The average molecular weight is 361 g/mol. The van der Waals surface area contributed by atoms with E-state index < -0.39 is 6.10 Å². The molecule has 1 N–H and O–H groups in total. The second kappa shape index (κ2) is 5.27. The first kappa shape index (κ1) is 12.6. The van der Waals surface area contributed by atoms with Crippen molar-refractivity contribution < 1.29 is 5.11 Å². The highest BCUT2D eigenvalue weighted by molar-refractivity contribution is 14.1. The number of hydrogen-bond donors (Lipinski definition) is 1. The van der Waals surface area contributed by atoms with Crippen LogP contribution >= 0.6 is 22.6 Å². The van der Waals surface area contributed by atoms with Crippen LogP contribution in [0.15, 0.2) is 60.8 Å². The van der Waals surface area contributed by atoms with Crippen LogP contribution in [-0.4, -0.2) is 10.1 Å². The van der Waals surface area contributed by atoms with Crippen LogP contribution in [0.2, 0.25) is 0 Å². The van der Waals surface area contributed by atoms with Crippen LogP contribution < -0.4 is 0 Å². The zero-order valence-electron chi connectivity index (χ0n) is 10.1. The first-order valence-electron chi connectivity index (χ1n) is 6.02. The van der Waals surface area contributed by atoms with Crippen LogP contribution in [0.4, 0.5) is 0 Å². The largest absolute Gasteiger partial charge is 0.384 e. The highest BCUT2D eigenvalue weighted by Gasteiger charge is 2.11. The topological polar surface area (TPSA) is 33.1 Å². The number of aliphatic hydroxyl groups is 1. The van der Waals surface area contributed by atoms with Crippen molar-refractivity contribution in [2.45, 2.75) is 6.10 Å². The fraction of sp³-hybridized carbons (Fsp3) is 0.0625. The molecule has 3 rings (SSSR count). The molecular formula is C16H12INO. The lowest BCUT2D eigenvalue weighted by Crippen LogP contribution is -2.00. The first-order valence-corrected chi connectivity index (χ1v) is 7.10. The van der Waals surface area contributed by atoms with Gasteiger partial charge < -0.3 is 5.11 Å². The molecule has 0 aliphatic heterocycles. The lowest BCUT2D eigenvalue weighted by molar-refractivity contribution is 0.220. The number of aliphatic hydroxyl groups excluding tert-OH is 1. The molecule has 0 fully saturated rings. The molecule has 0 aliphatic carbocycles. The number of fused-ring (bicyclic) bond motifs is 1. The number of nitrogens with zero attached hydrogens (tertiary/aromatic N) is 1. The summed E-state index contributed by atoms with van der Waals surface area (Å²) < 4.78 is 1.16. The molecule has 1 atom stereocenters. The van der Waals surface area contributed by atoms with E-state index in [1.54, 1.807) is 6.20 Å². The molecule has 0 amide bonds. The van der Waals surface area contributed by atoms with E-state index in [1.165, 1.54) is 0 Å². The second-order valence-electron chi connectivity index (χ2n) is 4.42. The summed E-state index contributed by atoms with van der Waals surface area (Å²) in [5, 5.41) is 11.4. The van der Waals surface area contributed by atoms with Gasteiger partial charge in [0.25, 0.3) is 0 Å². The standard InChI is InChI=1S/C16H12INO/c17-14-7-5-11(6-8-14)16(19)13-9-12-3-1-2-4-15(12)18-10-13/h1-10,16,19H. The van der Waals surface area contributed by atoms with Crippen LogP contribution in [0, 0.1) is 3.57 Å². The molecule has 3 heteroatoms. The number of rotatable bonds is 2. The molecule has 94 valence electrons. The predicted octanol–water partition coefficient (Wildman–Crippen LogP) is 3.92. The minimum atomic E-state index is -0.630. The van der Waals surface area contributed by atoms with Gasteiger partial charge in [-0.2, -0.15) is 0 Å². The van der Waals surface area contributed by atoms with Crippen molar-refractivity contribution in [1.29, 1.82) is 0 Å². The Balaban J connectivity index is 2.01. The number of para-hydroxylation sites is 1. The van der Waals surface area contributed by atoms with Crippen LogP contribution in [0.25, 0.3) is 10.9 Å². The van der Waals surface area contributed by atoms with Gasteiger partial charge in [-0.05, 0) is 52.4 Å². The maximum absolute atomic E-state index is 10.4. The molecule has 1 aromatic heterocycles. The Morgan fingerprint density at radius 3 is 2.47 bits per heavy atom. The summed E-state index contributed by atoms with van der Waals surface area (Å²) in [5.41, 5.74) is 2.65. The van der Waals surface area contributed by atoms with Crippen LogP contribution in [0.3, 0.4) is 0 Å². The number of pyridine rings is 1. The Bertz CT molecular complexity index is 709. The fourth-order valence-corrected chi connectivity index (χ4v) is 2.43. The highest BCUT2D eigenvalue weighted by Crippen LogP contribution is 2.24. The number of hydrogen-bond acceptors (Lipinski definition) is 2. The van der Waals surface area contributed by atoms with Crippen molar-refractivity contribution in [2.24, 2.45) is 0 Å². The third-order valence-corrected chi connectivity index (χ3v) is 3.83. The summed E-state index contributed by atoms with van der Waals surface area (Å²) in [6.07, 6.45) is 1.11. The second-order valence-corrected chi connectivity index (χ2v) is 5.66. The smallest absolute Gasteiger partial charge is 0.106 e. The van der Waals surface area contributed by atoms with E-state index >= 15 is 0 Å². The molecule has 2 nitrogen and oxygen atoms in total. The van der Waals surface area contributed by atoms with Gasteiger partial charge in [0.1, 0.15) is 6.10 Å². The van der Waals surface area contributed by atoms with Crippen molar-refractivity contribution in [1.82, 2.24) is 4.98 Å². The van der Waals surface area contributed by atoms with Crippen molar-refractivity contribution >= 4 is 33.5 Å². The van der Waals surface area contributed by atoms with Gasteiger partial charge in [0.05, 0.1) is 5.52 Å². The molecule has 0 saturated carbocycles. The molecule has 0 saturated heterocycles. The monoisotopic (exact) mass is 361 g/mol. The van der Waals surface area contributed by atoms with Gasteiger partial charge in [0, 0.05) is 20.7 Å². The normalized spacial score (nSPS) is 12.5.